The quantitative estimate of drug-likeness (QED) is 0.0420. The van der Waals surface area contributed by atoms with Crippen LogP contribution >= 0.6 is 0 Å². The maximum absolute atomic E-state index is 6.71. The molecule has 0 saturated heterocycles. The van der Waals surface area contributed by atoms with E-state index in [4.69, 9.17) is 65.8 Å². The van der Waals surface area contributed by atoms with Gasteiger partial charge in [-0.1, -0.05) is 63.1 Å². The molecule has 0 amide bonds. The molecule has 0 saturated carbocycles. The van der Waals surface area contributed by atoms with Gasteiger partial charge in [0.1, 0.15) is 78.1 Å². The summed E-state index contributed by atoms with van der Waals surface area (Å²) in [6, 6.07) is 6.72. The first-order valence-electron chi connectivity index (χ1n) is 43.4. The summed E-state index contributed by atoms with van der Waals surface area (Å²) in [6.45, 7) is 112. The molecule has 0 aliphatic rings. The lowest BCUT2D eigenvalue weighted by molar-refractivity contribution is 0.324. The molecule has 0 aromatic rings. The minimum atomic E-state index is -2.24. The van der Waals surface area contributed by atoms with Gasteiger partial charge in [0.15, 0.2) is 176 Å². The molecule has 0 aliphatic heterocycles. The Labute approximate surface area is 749 Å². The van der Waals surface area contributed by atoms with Crippen LogP contribution < -0.4 is 0 Å². The van der Waals surface area contributed by atoms with Crippen molar-refractivity contribution in [3.63, 3.8) is 0 Å². The van der Waals surface area contributed by atoms with E-state index in [1.807, 2.05) is 0 Å². The molecule has 0 bridgehead atoms. The molecule has 0 rings (SSSR count). The maximum atomic E-state index is 6.71. The normalized spacial score (nSPS) is 15.4. The molecule has 0 spiro atoms. The molecule has 674 valence electrons. The van der Waals surface area contributed by atoms with Crippen LogP contribution in [0.4, 0.5) is 0 Å². The molecule has 2 unspecified atom stereocenters. The van der Waals surface area contributed by atoms with E-state index in [9.17, 15) is 0 Å². The van der Waals surface area contributed by atoms with Gasteiger partial charge < -0.3 is 65.8 Å². The number of allylic oxidation sites excluding steroid dienone is 4. The minimum absolute atomic E-state index is 0.305. The smallest absolute Gasteiger partial charge is 0.315 e. The lowest BCUT2D eigenvalue weighted by Gasteiger charge is -2.41. The van der Waals surface area contributed by atoms with E-state index >= 15 is 0 Å². The Morgan fingerprint density at radius 1 is 0.286 bits per heavy atom. The fourth-order valence-electron chi connectivity index (χ4n) is 10.6. The molecule has 0 aliphatic carbocycles. The Kier molecular flexibility index (Phi) is 71.3. The topological polar surface area (TPSA) is 148 Å². The van der Waals surface area contributed by atoms with E-state index < -0.39 is 233 Å². The molecule has 0 N–H and O–H groups in total. The zero-order valence-corrected chi connectivity index (χ0v) is 118. The van der Waals surface area contributed by atoms with E-state index in [-0.39, 0.29) is 39.1 Å². The monoisotopic (exact) mass is 2080 g/mol. The SMILES string of the molecule is C=C(C)C[SiH2]O[Si](C)(C)C[SiH2]O[Si](C)(C)C[SiH2]O[SiH](C)C.C=C(C)C[SiH2]O[Si](C)(C)C[SiH2]O[Si](C)(C)C[SiH2]O[Si](C)(C)C[SiH2]O[SiH](C)C.C=C(C[SiH2]O[Si](C)(C)C[SiH2]O[SiH](C)C)C(C)C.C=C(C[SiH2]O[Si](C)(C)C[SiH2]O[Si](C)(C)C[SiH2]O[SiH](C)C)C(C)C.C[SiH](C)O[SiH](C)CC[Si](C)(O[Si](C)(C)C)O[Si](C)(C)O[Si](C)(C)C. The molecule has 2 atom stereocenters. The van der Waals surface area contributed by atoms with Crippen molar-refractivity contribution in [3.05, 3.63) is 48.6 Å². The van der Waals surface area contributed by atoms with Crippen molar-refractivity contribution in [2.45, 2.75) is 359 Å². The maximum Gasteiger partial charge on any atom is 0.315 e. The second-order valence-corrected chi connectivity index (χ2v) is 137. The number of hydrogen-bond acceptors (Lipinski definition) is 16. The summed E-state index contributed by atoms with van der Waals surface area (Å²) in [7, 11) is -29.4. The van der Waals surface area contributed by atoms with Gasteiger partial charge in [0.2, 0.25) is 0 Å². The van der Waals surface area contributed by atoms with Crippen LogP contribution in [0.5, 0.6) is 0 Å². The fourth-order valence-corrected chi connectivity index (χ4v) is 107. The van der Waals surface area contributed by atoms with Crippen LogP contribution in [0.25, 0.3) is 0 Å². The molecular weight excluding hydrogens is 1890 g/mol. The third-order valence-electron chi connectivity index (χ3n) is 18.0. The van der Waals surface area contributed by atoms with Gasteiger partial charge in [-0.05, 0) is 343 Å². The summed E-state index contributed by atoms with van der Waals surface area (Å²) in [6.07, 6.45) is 0. The second-order valence-electron chi connectivity index (χ2n) is 40.7. The van der Waals surface area contributed by atoms with Crippen LogP contribution in [-0.4, -0.2) is 272 Å². The molecule has 0 fully saturated rings. The van der Waals surface area contributed by atoms with Crippen LogP contribution in [0.2, 0.25) is 317 Å². The Balaban J connectivity index is -0.000000429. The van der Waals surface area contributed by atoms with Crippen molar-refractivity contribution >= 4 is 272 Å². The predicted molar refractivity (Wildman–Crippen MR) is 588 cm³/mol. The van der Waals surface area contributed by atoms with E-state index in [1.165, 1.54) is 67.6 Å². The average molecular weight is 2090 g/mol. The molecule has 0 heterocycles. The standard InChI is InChI=1S/C15H46O4Si8.C14H42O4Si6.C14H40O3Si6.C12H36O3Si6.C11H30O2Si4/c1-15(2)11-20-17-26(7,8)13-22-19-27(9,10)14-23-18-25(5,6)12-21-16-24(3)4;1-19(2)15-20(3)13-14-24(12,17-22(7,8)9)18-23(10,11)16-21(4,5)6;1-13(2)14(3)10-18-16-23(8,9)12-20-17-22(6,7)11-19-15-21(4)5;1-12(2)9-16-14-21(7,8)11-18-15-20(5,6)10-17-13-19(3)4;1-10(2)11(3)8-14-13-17(6,7)9-15-12-16(4)5/h24H,1,11-14,20-23H2,2-10H3;19-20H,13-14H2,1-12H3;13,21H,3,10-12,18-20H2,1-2,4-9H3;19H,1,9-11,16-18H2,2-8H3;10,16H,3,8-9,14-15H2,1-2,4-7H3. The third kappa shape index (κ3) is 89.6. The van der Waals surface area contributed by atoms with Crippen molar-refractivity contribution in [2.75, 3.05) is 0 Å². The molecule has 0 radical (unpaired) electrons. The van der Waals surface area contributed by atoms with Crippen molar-refractivity contribution in [3.8, 4) is 0 Å². The highest BCUT2D eigenvalue weighted by Crippen LogP contribution is 2.30. The van der Waals surface area contributed by atoms with Gasteiger partial charge in [-0.3, -0.25) is 0 Å². The summed E-state index contributed by atoms with van der Waals surface area (Å²) in [5, 5.41) is 0. The Morgan fingerprint density at radius 3 is 0.696 bits per heavy atom. The summed E-state index contributed by atoms with van der Waals surface area (Å²) in [5.41, 5.74) is 15.4. The van der Waals surface area contributed by atoms with Crippen LogP contribution in [0.15, 0.2) is 48.6 Å². The van der Waals surface area contributed by atoms with Crippen molar-refractivity contribution < 1.29 is 65.8 Å². The van der Waals surface area contributed by atoms with Gasteiger partial charge >= 0.3 is 17.1 Å². The molecular formula is C66H194O16Si30. The average Bonchev–Trinajstić information content (AvgIpc) is 0.817. The van der Waals surface area contributed by atoms with Gasteiger partial charge in [-0.2, -0.15) is 0 Å². The Morgan fingerprint density at radius 2 is 0.500 bits per heavy atom. The van der Waals surface area contributed by atoms with Gasteiger partial charge in [0, 0.05) is 0 Å². The summed E-state index contributed by atoms with van der Waals surface area (Å²) >= 11 is 0. The minimum Gasteiger partial charge on any atom is -0.463 e. The highest BCUT2D eigenvalue weighted by molar-refractivity contribution is 6.92. The van der Waals surface area contributed by atoms with Crippen LogP contribution in [-0.2, 0) is 65.8 Å². The zero-order chi connectivity index (χ0) is 88.6. The van der Waals surface area contributed by atoms with E-state index in [0.29, 0.717) is 11.8 Å². The zero-order valence-electron chi connectivity index (χ0n) is 82.4. The summed E-state index contributed by atoms with van der Waals surface area (Å²) < 4.78 is 101. The molecule has 112 heavy (non-hydrogen) atoms. The van der Waals surface area contributed by atoms with E-state index in [2.05, 4.69) is 304 Å². The van der Waals surface area contributed by atoms with Gasteiger partial charge in [-0.15, -0.1) is 13.2 Å². The molecule has 16 nitrogen and oxygen atoms in total. The first kappa shape index (κ1) is 125. The lowest BCUT2D eigenvalue weighted by Crippen LogP contribution is -2.57. The van der Waals surface area contributed by atoms with Crippen LogP contribution in [0.3, 0.4) is 0 Å². The highest BCUT2D eigenvalue weighted by Gasteiger charge is 2.45. The number of rotatable bonds is 61. The van der Waals surface area contributed by atoms with Gasteiger partial charge in [0.25, 0.3) is 0 Å². The first-order chi connectivity index (χ1) is 50.4. The predicted octanol–water partition coefficient (Wildman–Crippen LogP) is 12.5. The third-order valence-corrected chi connectivity index (χ3v) is 132. The van der Waals surface area contributed by atoms with Crippen molar-refractivity contribution in [1.82, 2.24) is 0 Å². The van der Waals surface area contributed by atoms with E-state index in [0.717, 1.165) is 36.3 Å². The molecule has 46 heteroatoms. The largest absolute Gasteiger partial charge is 0.463 e. The highest BCUT2D eigenvalue weighted by atomic mass is 28.5. The van der Waals surface area contributed by atoms with Crippen molar-refractivity contribution in [1.29, 1.82) is 0 Å². The van der Waals surface area contributed by atoms with Gasteiger partial charge in [-0.25, -0.2) is 0 Å². The van der Waals surface area contributed by atoms with Crippen molar-refractivity contribution in [2.24, 2.45) is 11.8 Å². The summed E-state index contributed by atoms with van der Waals surface area (Å²) in [4.78, 5) is 0. The van der Waals surface area contributed by atoms with E-state index in [1.54, 1.807) is 0 Å². The molecule has 0 aromatic carbocycles. The number of hydrogen-bond donors (Lipinski definition) is 0. The van der Waals surface area contributed by atoms with Crippen LogP contribution in [0, 0.1) is 11.8 Å². The Hall–Kier alpha value is 4.83. The Bertz CT molecular complexity index is 2450. The fraction of sp³-hybridized carbons (Fsp3) is 0.879. The van der Waals surface area contributed by atoms with Gasteiger partial charge in [0.05, 0.1) is 0 Å². The first-order valence-corrected chi connectivity index (χ1v) is 116. The second kappa shape index (κ2) is 63.7. The molecule has 0 aromatic heterocycles. The van der Waals surface area contributed by atoms with Crippen LogP contribution in [0.1, 0.15) is 41.5 Å². The summed E-state index contributed by atoms with van der Waals surface area (Å²) in [5.74, 6) is 1.21. The lowest BCUT2D eigenvalue weighted by atomic mass is 10.1.